The van der Waals surface area contributed by atoms with Crippen molar-refractivity contribution in [1.82, 2.24) is 20.0 Å². The molecule has 2 amide bonds. The maximum atomic E-state index is 11.5. The number of nitrogens with zero attached hydrogens (tertiary/aromatic N) is 3. The van der Waals surface area contributed by atoms with Gasteiger partial charge in [-0.3, -0.25) is 0 Å². The Morgan fingerprint density at radius 2 is 1.86 bits per heavy atom. The third kappa shape index (κ3) is 8.53. The number of hydrogen-bond acceptors (Lipinski definition) is 6. The Morgan fingerprint density at radius 1 is 1.14 bits per heavy atom. The molecule has 0 fully saturated rings. The fourth-order valence-corrected chi connectivity index (χ4v) is 2.82. The Bertz CT molecular complexity index is 957. The van der Waals surface area contributed by atoms with E-state index in [4.69, 9.17) is 11.5 Å². The van der Waals surface area contributed by atoms with Crippen molar-refractivity contribution in [3.05, 3.63) is 42.2 Å². The summed E-state index contributed by atoms with van der Waals surface area (Å²) in [6, 6.07) is 6.92. The summed E-state index contributed by atoms with van der Waals surface area (Å²) in [5.74, 6) is 0.155. The number of rotatable bonds is 9. The molecule has 7 N–H and O–H groups in total. The molecular weight excluding hydrogens is 396 g/mol. The smallest absolute Gasteiger partial charge is 0.344 e. The van der Waals surface area contributed by atoms with Crippen LogP contribution in [-0.4, -0.2) is 49.7 Å². The minimum Gasteiger partial charge on any atom is -0.370 e. The van der Waals surface area contributed by atoms with Gasteiger partial charge in [0.05, 0.1) is 6.26 Å². The lowest BCUT2D eigenvalue weighted by atomic mass is 10.1. The van der Waals surface area contributed by atoms with Crippen LogP contribution >= 0.6 is 0 Å². The van der Waals surface area contributed by atoms with Crippen LogP contribution in [0, 0.1) is 0 Å². The summed E-state index contributed by atoms with van der Waals surface area (Å²) in [4.78, 5) is 23.4. The number of sulfonamides is 1. The van der Waals surface area contributed by atoms with E-state index in [-0.39, 0.29) is 12.5 Å². The molecule has 0 unspecified atom stereocenters. The van der Waals surface area contributed by atoms with Crippen molar-refractivity contribution in [1.29, 1.82) is 0 Å². The predicted molar refractivity (Wildman–Crippen MR) is 111 cm³/mol. The zero-order valence-corrected chi connectivity index (χ0v) is 16.7. The summed E-state index contributed by atoms with van der Waals surface area (Å²) in [5, 5.41) is 5.62. The molecule has 2 rings (SSSR count). The Balaban J connectivity index is 1.89. The minimum atomic E-state index is -3.17. The van der Waals surface area contributed by atoms with E-state index in [0.29, 0.717) is 25.5 Å². The van der Waals surface area contributed by atoms with E-state index in [9.17, 15) is 13.2 Å². The fourth-order valence-electron chi connectivity index (χ4n) is 2.31. The Labute approximate surface area is 169 Å². The number of carbonyl (C=O) groups is 1. The Morgan fingerprint density at radius 3 is 2.52 bits per heavy atom. The summed E-state index contributed by atoms with van der Waals surface area (Å²) in [6.45, 7) is 1.15. The molecule has 156 valence electrons. The van der Waals surface area contributed by atoms with Crippen LogP contribution in [0.4, 0.5) is 10.7 Å². The van der Waals surface area contributed by atoms with Gasteiger partial charge in [-0.15, -0.1) is 0 Å². The molecule has 0 aliphatic rings. The average molecular weight is 420 g/mol. The van der Waals surface area contributed by atoms with Gasteiger partial charge in [-0.2, -0.15) is 4.99 Å². The van der Waals surface area contributed by atoms with Gasteiger partial charge in [0.25, 0.3) is 0 Å². The van der Waals surface area contributed by atoms with E-state index in [1.165, 1.54) is 0 Å². The second-order valence-electron chi connectivity index (χ2n) is 6.14. The lowest BCUT2D eigenvalue weighted by molar-refractivity contribution is 0.249. The van der Waals surface area contributed by atoms with Gasteiger partial charge in [-0.25, -0.2) is 27.9 Å². The number of nitrogens with two attached hydrogens (primary N) is 2. The fraction of sp³-hybridized carbons (Fsp3) is 0.294. The number of benzene rings is 1. The number of amides is 2. The molecule has 0 radical (unpaired) electrons. The molecule has 0 bridgehead atoms. The first-order chi connectivity index (χ1) is 13.7. The molecule has 12 heteroatoms. The molecule has 29 heavy (non-hydrogen) atoms. The van der Waals surface area contributed by atoms with Crippen LogP contribution in [0.5, 0.6) is 0 Å². The number of carbonyl (C=O) groups excluding carboxylic acids is 1. The monoisotopic (exact) mass is 420 g/mol. The molecule has 1 aromatic heterocycles. The Kier molecular flexibility index (Phi) is 7.86. The van der Waals surface area contributed by atoms with Crippen molar-refractivity contribution >= 4 is 28.0 Å². The predicted octanol–water partition coefficient (Wildman–Crippen LogP) is -0.0222. The van der Waals surface area contributed by atoms with Crippen LogP contribution in [0.2, 0.25) is 0 Å². The van der Waals surface area contributed by atoms with Gasteiger partial charge in [0.2, 0.25) is 16.0 Å². The molecule has 11 nitrogen and oxygen atoms in total. The second kappa shape index (κ2) is 10.3. The summed E-state index contributed by atoms with van der Waals surface area (Å²) >= 11 is 0. The van der Waals surface area contributed by atoms with Gasteiger partial charge < -0.3 is 22.1 Å². The van der Waals surface area contributed by atoms with Crippen LogP contribution in [-0.2, 0) is 16.6 Å². The van der Waals surface area contributed by atoms with Crippen molar-refractivity contribution < 1.29 is 13.2 Å². The molecular formula is C17H24N8O3S. The minimum absolute atomic E-state index is 0.269. The lowest BCUT2D eigenvalue weighted by Gasteiger charge is -2.08. The zero-order valence-electron chi connectivity index (χ0n) is 15.9. The van der Waals surface area contributed by atoms with Crippen molar-refractivity contribution in [3.63, 3.8) is 0 Å². The van der Waals surface area contributed by atoms with Crippen molar-refractivity contribution in [2.75, 3.05) is 24.7 Å². The second-order valence-corrected chi connectivity index (χ2v) is 7.97. The third-order valence-corrected chi connectivity index (χ3v) is 4.32. The number of urea groups is 1. The van der Waals surface area contributed by atoms with Gasteiger partial charge in [0.1, 0.15) is 0 Å². The molecule has 1 heterocycles. The summed E-state index contributed by atoms with van der Waals surface area (Å²) in [5.41, 5.74) is 12.9. The number of aromatic nitrogens is 2. The first-order valence-electron chi connectivity index (χ1n) is 8.70. The average Bonchev–Trinajstić information content (AvgIpc) is 2.65. The van der Waals surface area contributed by atoms with Gasteiger partial charge >= 0.3 is 6.03 Å². The maximum Gasteiger partial charge on any atom is 0.344 e. The van der Waals surface area contributed by atoms with Crippen LogP contribution in [0.15, 0.2) is 41.7 Å². The van der Waals surface area contributed by atoms with E-state index in [1.807, 2.05) is 24.3 Å². The van der Waals surface area contributed by atoms with Crippen molar-refractivity contribution in [2.24, 2.45) is 16.5 Å². The van der Waals surface area contributed by atoms with Crippen LogP contribution in [0.25, 0.3) is 11.1 Å². The van der Waals surface area contributed by atoms with E-state index in [1.54, 1.807) is 12.4 Å². The quantitative estimate of drug-likeness (QED) is 0.213. The molecule has 0 saturated carbocycles. The SMILES string of the molecule is CS(=O)(=O)NCCCNc1ncc(-c2cccc(CNC(=O)N=C(N)N)c2)cn1. The van der Waals surface area contributed by atoms with Crippen LogP contribution < -0.4 is 26.8 Å². The van der Waals surface area contributed by atoms with Gasteiger partial charge in [-0.1, -0.05) is 18.2 Å². The third-order valence-electron chi connectivity index (χ3n) is 3.59. The topological polar surface area (TPSA) is 177 Å². The highest BCUT2D eigenvalue weighted by Gasteiger charge is 2.04. The molecule has 0 saturated heterocycles. The summed E-state index contributed by atoms with van der Waals surface area (Å²) in [6.07, 6.45) is 5.09. The largest absolute Gasteiger partial charge is 0.370 e. The number of anilines is 1. The first-order valence-corrected chi connectivity index (χ1v) is 10.6. The van der Waals surface area contributed by atoms with Gasteiger partial charge in [0, 0.05) is 37.6 Å². The molecule has 1 aromatic carbocycles. The molecule has 0 aliphatic carbocycles. The van der Waals surface area contributed by atoms with Gasteiger partial charge in [-0.05, 0) is 23.6 Å². The number of aliphatic imine (C=N–C) groups is 1. The van der Waals surface area contributed by atoms with E-state index >= 15 is 0 Å². The van der Waals surface area contributed by atoms with E-state index in [0.717, 1.165) is 22.9 Å². The number of hydrogen-bond donors (Lipinski definition) is 5. The highest BCUT2D eigenvalue weighted by Crippen LogP contribution is 2.19. The van der Waals surface area contributed by atoms with E-state index < -0.39 is 16.1 Å². The van der Waals surface area contributed by atoms with Crippen LogP contribution in [0.1, 0.15) is 12.0 Å². The number of nitrogens with one attached hydrogen (secondary N) is 3. The highest BCUT2D eigenvalue weighted by molar-refractivity contribution is 7.88. The summed E-state index contributed by atoms with van der Waals surface area (Å²) < 4.78 is 24.4. The lowest BCUT2D eigenvalue weighted by Crippen LogP contribution is -2.28. The molecule has 0 atom stereocenters. The maximum absolute atomic E-state index is 11.5. The zero-order chi connectivity index (χ0) is 21.3. The molecule has 0 aliphatic heterocycles. The standard InChI is InChI=1S/C17H24N8O3S/c1-29(27,28)24-7-3-6-20-16-21-10-14(11-22-16)13-5-2-4-12(8-13)9-23-17(26)25-15(18)19/h2,4-5,8,10-11,24H,3,6-7,9H2,1H3,(H,20,21,22)(H5,18,19,23,25,26). The van der Waals surface area contributed by atoms with Crippen molar-refractivity contribution in [2.45, 2.75) is 13.0 Å². The normalized spacial score (nSPS) is 10.9. The molecule has 0 spiro atoms. The van der Waals surface area contributed by atoms with Crippen molar-refractivity contribution in [3.8, 4) is 11.1 Å². The first kappa shape index (κ1) is 22.0. The number of guanidine groups is 1. The van der Waals surface area contributed by atoms with Crippen LogP contribution in [0.3, 0.4) is 0 Å². The Hall–Kier alpha value is -3.25. The van der Waals surface area contributed by atoms with E-state index in [2.05, 4.69) is 30.3 Å². The van der Waals surface area contributed by atoms with Gasteiger partial charge in [0.15, 0.2) is 5.96 Å². The summed E-state index contributed by atoms with van der Waals surface area (Å²) in [7, 11) is -3.17. The highest BCUT2D eigenvalue weighted by atomic mass is 32.2. The molecule has 2 aromatic rings.